The molecule has 0 radical (unpaired) electrons. The van der Waals surface area contributed by atoms with Crippen LogP contribution in [0.2, 0.25) is 0 Å². The maximum absolute atomic E-state index is 13.2. The van der Waals surface area contributed by atoms with Gasteiger partial charge in [-0.1, -0.05) is 58.3 Å². The van der Waals surface area contributed by atoms with Gasteiger partial charge in [-0.15, -0.1) is 0 Å². The van der Waals surface area contributed by atoms with Crippen molar-refractivity contribution in [3.8, 4) is 5.75 Å². The second kappa shape index (κ2) is 21.3. The molecule has 47 heavy (non-hydrogen) atoms. The summed E-state index contributed by atoms with van der Waals surface area (Å²) < 4.78 is 4.65. The standard InChI is InChI=1S/C35H57N5O7/c1-5-6-15-29(40-33(44)28(36)21-27-23(2)18-26(41)19-24(27)3)34(45)38-22-31(42)39-30(20-25-13-9-7-10-14-25)35(46)37-17-12-8-11-16-32(43)47-4/h18-19,25,28-30,41H,5-17,20-22,36H2,1-4H3,(H,37,46)(H,38,45)(H,39,42)(H,40,44)/t28?,29-,30+/m1/s1. The second-order valence-corrected chi connectivity index (χ2v) is 12.8. The van der Waals surface area contributed by atoms with Gasteiger partial charge in [0.1, 0.15) is 17.8 Å². The van der Waals surface area contributed by atoms with Crippen LogP contribution in [0.4, 0.5) is 0 Å². The monoisotopic (exact) mass is 659 g/mol. The smallest absolute Gasteiger partial charge is 0.305 e. The summed E-state index contributed by atoms with van der Waals surface area (Å²) in [7, 11) is 1.36. The highest BCUT2D eigenvalue weighted by atomic mass is 16.5. The average Bonchev–Trinajstić information content (AvgIpc) is 3.04. The number of unbranched alkanes of at least 4 members (excludes halogenated alkanes) is 3. The van der Waals surface area contributed by atoms with Crippen molar-refractivity contribution >= 4 is 29.6 Å². The third kappa shape index (κ3) is 14.7. The van der Waals surface area contributed by atoms with E-state index in [4.69, 9.17) is 5.73 Å². The fraction of sp³-hybridized carbons (Fsp3) is 0.686. The number of phenols is 1. The van der Waals surface area contributed by atoms with Crippen molar-refractivity contribution in [1.82, 2.24) is 21.3 Å². The molecule has 0 spiro atoms. The van der Waals surface area contributed by atoms with Crippen LogP contribution in [0.3, 0.4) is 0 Å². The van der Waals surface area contributed by atoms with Crippen molar-refractivity contribution < 1.29 is 33.8 Å². The van der Waals surface area contributed by atoms with Gasteiger partial charge in [0.2, 0.25) is 23.6 Å². The Morgan fingerprint density at radius 3 is 2.19 bits per heavy atom. The van der Waals surface area contributed by atoms with E-state index in [9.17, 15) is 29.1 Å². The maximum atomic E-state index is 13.2. The van der Waals surface area contributed by atoms with Gasteiger partial charge in [0.25, 0.3) is 0 Å². The molecule has 0 aliphatic heterocycles. The third-order valence-electron chi connectivity index (χ3n) is 8.87. The normalized spacial score (nSPS) is 15.2. The van der Waals surface area contributed by atoms with E-state index < -0.39 is 35.8 Å². The number of carbonyl (C=O) groups is 5. The summed E-state index contributed by atoms with van der Waals surface area (Å²) in [6, 6.07) is 0.731. The first-order valence-electron chi connectivity index (χ1n) is 17.2. The molecule has 0 aromatic heterocycles. The van der Waals surface area contributed by atoms with E-state index in [2.05, 4.69) is 26.0 Å². The van der Waals surface area contributed by atoms with Gasteiger partial charge in [0, 0.05) is 13.0 Å². The number of ether oxygens (including phenoxy) is 1. The Morgan fingerprint density at radius 2 is 1.55 bits per heavy atom. The van der Waals surface area contributed by atoms with Crippen molar-refractivity contribution in [1.29, 1.82) is 0 Å². The summed E-state index contributed by atoms with van der Waals surface area (Å²) in [5, 5.41) is 21.0. The number of aromatic hydroxyl groups is 1. The minimum absolute atomic E-state index is 0.145. The number of carbonyl (C=O) groups excluding carboxylic acids is 5. The van der Waals surface area contributed by atoms with Crippen LogP contribution >= 0.6 is 0 Å². The third-order valence-corrected chi connectivity index (χ3v) is 8.87. The molecule has 12 heteroatoms. The minimum atomic E-state index is -0.913. The molecule has 1 aliphatic carbocycles. The molecule has 1 saturated carbocycles. The molecule has 2 rings (SSSR count). The van der Waals surface area contributed by atoms with Gasteiger partial charge in [-0.05, 0) is 80.7 Å². The number of methoxy groups -OCH3 is 1. The quantitative estimate of drug-likeness (QED) is 0.0910. The fourth-order valence-electron chi connectivity index (χ4n) is 6.09. The molecule has 1 aromatic carbocycles. The fourth-order valence-corrected chi connectivity index (χ4v) is 6.09. The zero-order valence-electron chi connectivity index (χ0n) is 28.8. The molecule has 264 valence electrons. The van der Waals surface area contributed by atoms with E-state index in [0.29, 0.717) is 51.0 Å². The van der Waals surface area contributed by atoms with Crippen molar-refractivity contribution in [2.45, 2.75) is 129 Å². The molecule has 0 heterocycles. The number of esters is 1. The molecule has 3 atom stereocenters. The van der Waals surface area contributed by atoms with Crippen molar-refractivity contribution in [2.75, 3.05) is 20.2 Å². The number of rotatable bonds is 20. The number of amides is 4. The molecule has 1 fully saturated rings. The number of nitrogens with two attached hydrogens (primary N) is 1. The molecular weight excluding hydrogens is 602 g/mol. The zero-order valence-corrected chi connectivity index (χ0v) is 28.8. The van der Waals surface area contributed by atoms with Gasteiger partial charge in [0.05, 0.1) is 19.7 Å². The lowest BCUT2D eigenvalue weighted by molar-refractivity contribution is -0.140. The summed E-state index contributed by atoms with van der Waals surface area (Å²) in [4.78, 5) is 63.6. The van der Waals surface area contributed by atoms with Gasteiger partial charge < -0.3 is 36.8 Å². The lowest BCUT2D eigenvalue weighted by atomic mass is 9.84. The van der Waals surface area contributed by atoms with Crippen LogP contribution in [0.25, 0.3) is 0 Å². The Balaban J connectivity index is 1.94. The van der Waals surface area contributed by atoms with Gasteiger partial charge >= 0.3 is 5.97 Å². The summed E-state index contributed by atoms with van der Waals surface area (Å²) in [5.41, 5.74) is 8.74. The number of phenolic OH excluding ortho intramolecular Hbond substituents is 1. The topological polar surface area (TPSA) is 189 Å². The number of benzene rings is 1. The largest absolute Gasteiger partial charge is 0.508 e. The van der Waals surface area contributed by atoms with Crippen LogP contribution in [-0.4, -0.2) is 73.0 Å². The lowest BCUT2D eigenvalue weighted by Gasteiger charge is -2.27. The van der Waals surface area contributed by atoms with Crippen LogP contribution in [0.5, 0.6) is 5.75 Å². The van der Waals surface area contributed by atoms with E-state index in [1.807, 2.05) is 20.8 Å². The maximum Gasteiger partial charge on any atom is 0.305 e. The molecule has 4 amide bonds. The Kier molecular flexibility index (Phi) is 17.9. The summed E-state index contributed by atoms with van der Waals surface area (Å²) in [6.07, 6.45) is 10.5. The Morgan fingerprint density at radius 1 is 0.894 bits per heavy atom. The van der Waals surface area contributed by atoms with E-state index in [0.717, 1.165) is 55.2 Å². The minimum Gasteiger partial charge on any atom is -0.508 e. The zero-order chi connectivity index (χ0) is 34.8. The van der Waals surface area contributed by atoms with Gasteiger partial charge in [-0.3, -0.25) is 24.0 Å². The number of hydrogen-bond donors (Lipinski definition) is 6. The van der Waals surface area contributed by atoms with Crippen LogP contribution in [-0.2, 0) is 35.1 Å². The molecule has 0 bridgehead atoms. The molecule has 12 nitrogen and oxygen atoms in total. The Bertz CT molecular complexity index is 1160. The molecule has 1 aromatic rings. The summed E-state index contributed by atoms with van der Waals surface area (Å²) in [6.45, 7) is 5.76. The van der Waals surface area contributed by atoms with Crippen LogP contribution in [0.1, 0.15) is 107 Å². The molecule has 0 saturated heterocycles. The Hall–Kier alpha value is -3.67. The summed E-state index contributed by atoms with van der Waals surface area (Å²) >= 11 is 0. The van der Waals surface area contributed by atoms with Gasteiger partial charge in [-0.2, -0.15) is 0 Å². The number of hydrogen-bond acceptors (Lipinski definition) is 8. The van der Waals surface area contributed by atoms with Crippen LogP contribution < -0.4 is 27.0 Å². The Labute approximate surface area is 279 Å². The molecular formula is C35H57N5O7. The van der Waals surface area contributed by atoms with Crippen molar-refractivity contribution in [3.05, 3.63) is 28.8 Å². The highest BCUT2D eigenvalue weighted by molar-refractivity contribution is 5.93. The highest BCUT2D eigenvalue weighted by Crippen LogP contribution is 2.27. The SMILES string of the molecule is CCCC[C@@H](NC(=O)C(N)Cc1c(C)cc(O)cc1C)C(=O)NCC(=O)N[C@@H](CC1CCCCC1)C(=O)NCCCCCC(=O)OC. The number of nitrogens with one attached hydrogen (secondary N) is 4. The van der Waals surface area contributed by atoms with Gasteiger partial charge in [-0.25, -0.2) is 0 Å². The van der Waals surface area contributed by atoms with Crippen LogP contribution in [0, 0.1) is 19.8 Å². The van der Waals surface area contributed by atoms with E-state index in [-0.39, 0.29) is 30.6 Å². The highest BCUT2D eigenvalue weighted by Gasteiger charge is 2.28. The molecule has 7 N–H and O–H groups in total. The van der Waals surface area contributed by atoms with Crippen LogP contribution in [0.15, 0.2) is 12.1 Å². The average molecular weight is 660 g/mol. The van der Waals surface area contributed by atoms with E-state index >= 15 is 0 Å². The van der Waals surface area contributed by atoms with Gasteiger partial charge in [0.15, 0.2) is 0 Å². The van der Waals surface area contributed by atoms with E-state index in [1.165, 1.54) is 13.5 Å². The predicted octanol–water partition coefficient (Wildman–Crippen LogP) is 2.97. The molecule has 1 unspecified atom stereocenters. The second-order valence-electron chi connectivity index (χ2n) is 12.8. The number of aryl methyl sites for hydroxylation is 2. The van der Waals surface area contributed by atoms with E-state index in [1.54, 1.807) is 12.1 Å². The first-order valence-corrected chi connectivity index (χ1v) is 17.2. The van der Waals surface area contributed by atoms with Crippen molar-refractivity contribution in [3.63, 3.8) is 0 Å². The first-order chi connectivity index (χ1) is 22.4. The lowest BCUT2D eigenvalue weighted by Crippen LogP contribution is -2.54. The first kappa shape index (κ1) is 39.5. The predicted molar refractivity (Wildman–Crippen MR) is 180 cm³/mol. The van der Waals surface area contributed by atoms with Crippen molar-refractivity contribution in [2.24, 2.45) is 11.7 Å². The molecule has 1 aliphatic rings. The summed E-state index contributed by atoms with van der Waals surface area (Å²) in [5.74, 6) is -1.49.